The van der Waals surface area contributed by atoms with Gasteiger partial charge in [-0.1, -0.05) is 17.7 Å². The number of H-pyrrole nitrogens is 1. The number of aromatic nitrogens is 2. The molecule has 1 fully saturated rings. The Morgan fingerprint density at radius 3 is 2.59 bits per heavy atom. The van der Waals surface area contributed by atoms with Crippen LogP contribution >= 0.6 is 11.6 Å². The molecule has 0 radical (unpaired) electrons. The predicted molar refractivity (Wildman–Crippen MR) is 151 cm³/mol. The van der Waals surface area contributed by atoms with Crippen molar-refractivity contribution in [1.29, 1.82) is 5.26 Å². The fourth-order valence-corrected chi connectivity index (χ4v) is 5.28. The number of nitriles is 1. The van der Waals surface area contributed by atoms with E-state index in [0.29, 0.717) is 41.0 Å². The highest BCUT2D eigenvalue weighted by Crippen LogP contribution is 2.44. The van der Waals surface area contributed by atoms with E-state index in [9.17, 15) is 24.0 Å². The number of benzene rings is 2. The molecule has 1 aliphatic rings. The third-order valence-electron chi connectivity index (χ3n) is 7.36. The van der Waals surface area contributed by atoms with Gasteiger partial charge in [-0.25, -0.2) is 9.49 Å². The van der Waals surface area contributed by atoms with E-state index in [-0.39, 0.29) is 16.7 Å². The normalized spacial score (nSPS) is 17.6. The van der Waals surface area contributed by atoms with Crippen molar-refractivity contribution in [1.82, 2.24) is 20.4 Å². The molecule has 4 rings (SSSR count). The molecule has 9 nitrogen and oxygen atoms in total. The van der Waals surface area contributed by atoms with Gasteiger partial charge in [-0.3, -0.25) is 14.4 Å². The second kappa shape index (κ2) is 11.7. The number of aromatic amines is 1. The first kappa shape index (κ1) is 29.7. The summed E-state index contributed by atoms with van der Waals surface area (Å²) in [7, 11) is 0. The summed E-state index contributed by atoms with van der Waals surface area (Å²) in [5, 5.41) is 18.7. The van der Waals surface area contributed by atoms with E-state index < -0.39 is 40.8 Å². The number of aryl methyl sites for hydroxylation is 2. The number of nitrogens with one attached hydrogen (secondary N) is 2. The Morgan fingerprint density at radius 1 is 1.20 bits per heavy atom. The first-order chi connectivity index (χ1) is 19.3. The molecule has 0 bridgehead atoms. The van der Waals surface area contributed by atoms with Crippen molar-refractivity contribution in [3.8, 4) is 17.6 Å². The molecule has 11 heteroatoms. The van der Waals surface area contributed by atoms with Gasteiger partial charge in [0.1, 0.15) is 17.6 Å². The number of amides is 2. The van der Waals surface area contributed by atoms with Crippen LogP contribution in [0.5, 0.6) is 11.5 Å². The van der Waals surface area contributed by atoms with E-state index >= 15 is 0 Å². The van der Waals surface area contributed by atoms with Gasteiger partial charge in [0.25, 0.3) is 5.91 Å². The quantitative estimate of drug-likeness (QED) is 0.387. The van der Waals surface area contributed by atoms with Gasteiger partial charge in [-0.05, 0) is 88.9 Å². The summed E-state index contributed by atoms with van der Waals surface area (Å²) in [5.74, 6) is -0.931. The minimum atomic E-state index is -0.925. The van der Waals surface area contributed by atoms with Crippen molar-refractivity contribution in [2.24, 2.45) is 5.41 Å². The van der Waals surface area contributed by atoms with Crippen LogP contribution in [0.15, 0.2) is 47.3 Å². The molecular formula is C30H31ClFN5O4. The van der Waals surface area contributed by atoms with Crippen LogP contribution in [-0.4, -0.2) is 39.0 Å². The summed E-state index contributed by atoms with van der Waals surface area (Å²) in [5.41, 5.74) is 0.801. The van der Waals surface area contributed by atoms with E-state index in [1.165, 1.54) is 24.3 Å². The fraction of sp³-hybridized carbons (Fsp3) is 0.367. The second-order valence-corrected chi connectivity index (χ2v) is 11.2. The predicted octanol–water partition coefficient (Wildman–Crippen LogP) is 5.37. The minimum Gasteiger partial charge on any atom is -0.451 e. The van der Waals surface area contributed by atoms with Gasteiger partial charge < -0.3 is 15.0 Å². The number of ether oxygens (including phenoxy) is 1. The van der Waals surface area contributed by atoms with Crippen molar-refractivity contribution < 1.29 is 18.7 Å². The summed E-state index contributed by atoms with van der Waals surface area (Å²) >= 11 is 6.04. The minimum absolute atomic E-state index is 0.0503. The molecule has 0 spiro atoms. The number of rotatable bonds is 7. The number of likely N-dealkylation sites (tertiary alicyclic amines) is 1. The number of hydrogen-bond acceptors (Lipinski definition) is 6. The number of nitrogens with zero attached hydrogens (tertiary/aromatic N) is 3. The molecule has 2 amide bonds. The summed E-state index contributed by atoms with van der Waals surface area (Å²) < 4.78 is 19.6. The van der Waals surface area contributed by atoms with E-state index in [4.69, 9.17) is 16.3 Å². The number of halogens is 2. The van der Waals surface area contributed by atoms with Crippen molar-refractivity contribution in [2.45, 2.75) is 65.6 Å². The maximum atomic E-state index is 13.9. The Bertz CT molecular complexity index is 1600. The van der Waals surface area contributed by atoms with Crippen LogP contribution in [0.1, 0.15) is 66.8 Å². The first-order valence-corrected chi connectivity index (χ1v) is 13.5. The van der Waals surface area contributed by atoms with Crippen LogP contribution in [0, 0.1) is 36.4 Å². The van der Waals surface area contributed by atoms with Crippen molar-refractivity contribution >= 4 is 23.4 Å². The van der Waals surface area contributed by atoms with Crippen LogP contribution in [0.25, 0.3) is 0 Å². The summed E-state index contributed by atoms with van der Waals surface area (Å²) in [6, 6.07) is 11.1. The average Bonchev–Trinajstić information content (AvgIpc) is 3.39. The molecule has 41 heavy (non-hydrogen) atoms. The van der Waals surface area contributed by atoms with Gasteiger partial charge in [-0.2, -0.15) is 10.4 Å². The fourth-order valence-electron chi connectivity index (χ4n) is 5.09. The Hall–Kier alpha value is -4.23. The molecule has 2 heterocycles. The average molecular weight is 580 g/mol. The molecule has 0 saturated carbocycles. The smallest absolute Gasteiger partial charge is 0.307 e. The molecule has 1 saturated heterocycles. The van der Waals surface area contributed by atoms with Crippen molar-refractivity contribution in [3.63, 3.8) is 0 Å². The molecule has 214 valence electrons. The third kappa shape index (κ3) is 6.25. The zero-order chi connectivity index (χ0) is 30.1. The molecule has 3 aromatic rings. The Balaban J connectivity index is 1.54. The van der Waals surface area contributed by atoms with Crippen LogP contribution in [0.4, 0.5) is 4.39 Å². The lowest BCUT2D eigenvalue weighted by molar-refractivity contribution is -0.137. The molecule has 2 N–H and O–H groups in total. The standard InChI is InChI=1S/C30H31ClFN5O4/c1-16-12-20(7-10-24(16)41-25-13-17(2)35-36-28(25)39)27(38)34-18(3)29(40)37-23(9-11-26(37)30(4,5)15-33)19-6-8-22(32)21(31)14-19/h6-8,10,12-14,18,23,26H,9,11H2,1-5H3,(H,34,38)(H,36,39)/t18?,23-,26+/m0/s1. The second-order valence-electron chi connectivity index (χ2n) is 10.8. The van der Waals surface area contributed by atoms with Crippen LogP contribution < -0.4 is 15.6 Å². The Kier molecular flexibility index (Phi) is 8.50. The molecule has 1 unspecified atom stereocenters. The lowest BCUT2D eigenvalue weighted by atomic mass is 9.84. The zero-order valence-electron chi connectivity index (χ0n) is 23.4. The SMILES string of the molecule is Cc1cc(Oc2ccc(C(=O)NC(C)C(=O)N3[C@H](c4ccc(F)c(Cl)c4)CC[C@@H]3C(C)(C)C#N)cc2C)c(=O)[nH]n1. The molecule has 1 aliphatic heterocycles. The lowest BCUT2D eigenvalue weighted by Crippen LogP contribution is -2.52. The van der Waals surface area contributed by atoms with Gasteiger partial charge in [0, 0.05) is 11.6 Å². The van der Waals surface area contributed by atoms with Gasteiger partial charge in [-0.15, -0.1) is 0 Å². The van der Waals surface area contributed by atoms with Gasteiger partial charge in [0.2, 0.25) is 5.91 Å². The molecular weight excluding hydrogens is 549 g/mol. The maximum Gasteiger partial charge on any atom is 0.307 e. The maximum absolute atomic E-state index is 13.9. The molecule has 2 aromatic carbocycles. The summed E-state index contributed by atoms with van der Waals surface area (Å²) in [4.78, 5) is 40.7. The topological polar surface area (TPSA) is 128 Å². The van der Waals surface area contributed by atoms with Crippen molar-refractivity contribution in [2.75, 3.05) is 0 Å². The molecule has 0 aliphatic carbocycles. The van der Waals surface area contributed by atoms with E-state index in [1.807, 2.05) is 0 Å². The van der Waals surface area contributed by atoms with Gasteiger partial charge in [0.15, 0.2) is 5.75 Å². The van der Waals surface area contributed by atoms with Crippen LogP contribution in [0.2, 0.25) is 5.02 Å². The number of carbonyl (C=O) groups is 2. The zero-order valence-corrected chi connectivity index (χ0v) is 24.2. The van der Waals surface area contributed by atoms with Crippen LogP contribution in [-0.2, 0) is 4.79 Å². The highest BCUT2D eigenvalue weighted by Gasteiger charge is 2.46. The third-order valence-corrected chi connectivity index (χ3v) is 7.65. The molecule has 3 atom stereocenters. The Morgan fingerprint density at radius 2 is 1.93 bits per heavy atom. The largest absolute Gasteiger partial charge is 0.451 e. The number of hydrogen-bond donors (Lipinski definition) is 2. The first-order valence-electron chi connectivity index (χ1n) is 13.2. The monoisotopic (exact) mass is 579 g/mol. The number of carbonyl (C=O) groups excluding carboxylic acids is 2. The summed E-state index contributed by atoms with van der Waals surface area (Å²) in [6.07, 6.45) is 1.12. The van der Waals surface area contributed by atoms with E-state index in [2.05, 4.69) is 21.6 Å². The van der Waals surface area contributed by atoms with E-state index in [1.54, 1.807) is 57.7 Å². The van der Waals surface area contributed by atoms with Gasteiger partial charge in [0.05, 0.1) is 34.3 Å². The highest BCUT2D eigenvalue weighted by atomic mass is 35.5. The molecule has 1 aromatic heterocycles. The van der Waals surface area contributed by atoms with Gasteiger partial charge >= 0.3 is 5.56 Å². The van der Waals surface area contributed by atoms with E-state index in [0.717, 1.165) is 0 Å². The summed E-state index contributed by atoms with van der Waals surface area (Å²) in [6.45, 7) is 8.59. The lowest BCUT2D eigenvalue weighted by Gasteiger charge is -2.38. The highest BCUT2D eigenvalue weighted by molar-refractivity contribution is 6.30. The Labute approximate surface area is 242 Å². The van der Waals surface area contributed by atoms with Crippen LogP contribution in [0.3, 0.4) is 0 Å². The van der Waals surface area contributed by atoms with Crippen molar-refractivity contribution in [3.05, 3.63) is 86.0 Å².